The van der Waals surface area contributed by atoms with Crippen LogP contribution in [0.15, 0.2) is 71.3 Å². The number of urea groups is 1. The van der Waals surface area contributed by atoms with Gasteiger partial charge >= 0.3 is 6.03 Å². The van der Waals surface area contributed by atoms with Gasteiger partial charge < -0.3 is 24.7 Å². The van der Waals surface area contributed by atoms with Crippen molar-refractivity contribution < 1.29 is 13.9 Å². The Kier molecular flexibility index (Phi) is 7.19. The molecule has 0 spiro atoms. The number of hydrogen-bond acceptors (Lipinski definition) is 5. The van der Waals surface area contributed by atoms with E-state index in [4.69, 9.17) is 20.8 Å². The molecule has 1 fully saturated rings. The second-order valence-electron chi connectivity index (χ2n) is 7.60. The molecule has 0 radical (unpaired) electrons. The number of hydrogen-bond donors (Lipinski definition) is 2. The predicted octanol–water partition coefficient (Wildman–Crippen LogP) is 4.63. The van der Waals surface area contributed by atoms with Crippen LogP contribution in [0.25, 0.3) is 0 Å². The molecule has 3 aromatic rings. The number of ether oxygens (including phenoxy) is 1. The highest BCUT2D eigenvalue weighted by atomic mass is 35.5. The molecule has 0 bridgehead atoms. The number of nitrogens with one attached hydrogen (secondary N) is 2. The SMILES string of the molecule is COc1ccc(N2CCN(C(CNC(=O)Nc3cccc(Cl)c3)c3ccco3)CC2)cc1. The molecule has 1 saturated heterocycles. The van der Waals surface area contributed by atoms with E-state index in [0.717, 1.165) is 37.7 Å². The maximum Gasteiger partial charge on any atom is 0.319 e. The Hall–Kier alpha value is -3.16. The number of amides is 2. The Morgan fingerprint density at radius 3 is 2.53 bits per heavy atom. The van der Waals surface area contributed by atoms with Gasteiger partial charge in [0, 0.05) is 49.1 Å². The molecular weight excluding hydrogens is 428 g/mol. The second-order valence-corrected chi connectivity index (χ2v) is 8.03. The Balaban J connectivity index is 1.35. The molecule has 8 heteroatoms. The fraction of sp³-hybridized carbons (Fsp3) is 0.292. The zero-order valence-corrected chi connectivity index (χ0v) is 18.7. The Morgan fingerprint density at radius 1 is 1.09 bits per heavy atom. The molecule has 0 saturated carbocycles. The van der Waals surface area contributed by atoms with Gasteiger partial charge in [0.15, 0.2) is 0 Å². The van der Waals surface area contributed by atoms with Crippen molar-refractivity contribution >= 4 is 29.0 Å². The van der Waals surface area contributed by atoms with E-state index in [1.807, 2.05) is 24.3 Å². The van der Waals surface area contributed by atoms with Gasteiger partial charge in [-0.1, -0.05) is 17.7 Å². The summed E-state index contributed by atoms with van der Waals surface area (Å²) in [5, 5.41) is 6.37. The first kappa shape index (κ1) is 22.0. The second kappa shape index (κ2) is 10.4. The van der Waals surface area contributed by atoms with Crippen LogP contribution in [0.2, 0.25) is 5.02 Å². The summed E-state index contributed by atoms with van der Waals surface area (Å²) in [4.78, 5) is 17.1. The number of rotatable bonds is 7. The minimum atomic E-state index is -0.277. The van der Waals surface area contributed by atoms with E-state index in [-0.39, 0.29) is 12.1 Å². The summed E-state index contributed by atoms with van der Waals surface area (Å²) in [7, 11) is 1.67. The number of methoxy groups -OCH3 is 1. The summed E-state index contributed by atoms with van der Waals surface area (Å²) in [6.07, 6.45) is 1.67. The van der Waals surface area contributed by atoms with Gasteiger partial charge in [0.25, 0.3) is 0 Å². The molecule has 1 aliphatic heterocycles. The molecule has 168 valence electrons. The standard InChI is InChI=1S/C24H27ClN4O3/c1-31-21-9-7-20(8-10-21)28-11-13-29(14-12-28)22(23-6-3-15-32-23)17-26-24(30)27-19-5-2-4-18(25)16-19/h2-10,15-16,22H,11-14,17H2,1H3,(H2,26,27,30). The maximum atomic E-state index is 12.4. The van der Waals surface area contributed by atoms with Gasteiger partial charge in [-0.2, -0.15) is 0 Å². The van der Waals surface area contributed by atoms with E-state index in [1.54, 1.807) is 37.6 Å². The molecule has 2 N–H and O–H groups in total. The Morgan fingerprint density at radius 2 is 1.88 bits per heavy atom. The number of benzene rings is 2. The topological polar surface area (TPSA) is 70.0 Å². The normalized spacial score (nSPS) is 15.2. The average Bonchev–Trinajstić information content (AvgIpc) is 3.34. The molecule has 2 aromatic carbocycles. The van der Waals surface area contributed by atoms with E-state index in [1.165, 1.54) is 5.69 Å². The third-order valence-electron chi connectivity index (χ3n) is 5.60. The van der Waals surface area contributed by atoms with Gasteiger partial charge in [-0.05, 0) is 54.6 Å². The summed E-state index contributed by atoms with van der Waals surface area (Å²) in [6, 6.07) is 18.7. The van der Waals surface area contributed by atoms with Gasteiger partial charge in [0.2, 0.25) is 0 Å². The van der Waals surface area contributed by atoms with Crippen LogP contribution in [-0.4, -0.2) is 50.8 Å². The minimum Gasteiger partial charge on any atom is -0.497 e. The van der Waals surface area contributed by atoms with E-state index in [0.29, 0.717) is 17.3 Å². The number of halogens is 1. The van der Waals surface area contributed by atoms with Crippen LogP contribution < -0.4 is 20.3 Å². The van der Waals surface area contributed by atoms with Crippen LogP contribution >= 0.6 is 11.6 Å². The van der Waals surface area contributed by atoms with Crippen LogP contribution in [-0.2, 0) is 0 Å². The maximum absolute atomic E-state index is 12.4. The average molecular weight is 455 g/mol. The molecule has 32 heavy (non-hydrogen) atoms. The first-order chi connectivity index (χ1) is 15.6. The zero-order valence-electron chi connectivity index (χ0n) is 18.0. The molecule has 4 rings (SSSR count). The summed E-state index contributed by atoms with van der Waals surface area (Å²) in [6.45, 7) is 3.92. The van der Waals surface area contributed by atoms with Gasteiger partial charge in [0.05, 0.1) is 19.4 Å². The van der Waals surface area contributed by atoms with Crippen molar-refractivity contribution in [1.82, 2.24) is 10.2 Å². The smallest absolute Gasteiger partial charge is 0.319 e. The van der Waals surface area contributed by atoms with Gasteiger partial charge in [0.1, 0.15) is 11.5 Å². The lowest BCUT2D eigenvalue weighted by Gasteiger charge is -2.39. The molecule has 0 aliphatic carbocycles. The van der Waals surface area contributed by atoms with Crippen molar-refractivity contribution in [3.63, 3.8) is 0 Å². The molecule has 1 aliphatic rings. The lowest BCUT2D eigenvalue weighted by molar-refractivity contribution is 0.162. The van der Waals surface area contributed by atoms with Crippen molar-refractivity contribution in [3.05, 3.63) is 77.7 Å². The lowest BCUT2D eigenvalue weighted by Crippen LogP contribution is -2.50. The monoisotopic (exact) mass is 454 g/mol. The van der Waals surface area contributed by atoms with Crippen LogP contribution in [0.1, 0.15) is 11.8 Å². The minimum absolute atomic E-state index is 0.0480. The van der Waals surface area contributed by atoms with Crippen molar-refractivity contribution in [3.8, 4) is 5.75 Å². The summed E-state index contributed by atoms with van der Waals surface area (Å²) >= 11 is 6.00. The highest BCUT2D eigenvalue weighted by Crippen LogP contribution is 2.25. The van der Waals surface area contributed by atoms with Gasteiger partial charge in [-0.25, -0.2) is 4.79 Å². The lowest BCUT2D eigenvalue weighted by atomic mass is 10.1. The van der Waals surface area contributed by atoms with E-state index in [9.17, 15) is 4.79 Å². The van der Waals surface area contributed by atoms with Crippen molar-refractivity contribution in [2.24, 2.45) is 0 Å². The van der Waals surface area contributed by atoms with Crippen LogP contribution in [0.4, 0.5) is 16.2 Å². The molecule has 1 atom stereocenters. The number of piperazine rings is 1. The number of anilines is 2. The summed E-state index contributed by atoms with van der Waals surface area (Å²) in [5.41, 5.74) is 1.83. The van der Waals surface area contributed by atoms with Crippen molar-refractivity contribution in [2.45, 2.75) is 6.04 Å². The number of furan rings is 1. The molecule has 2 amide bonds. The third kappa shape index (κ3) is 5.55. The number of carbonyl (C=O) groups excluding carboxylic acids is 1. The predicted molar refractivity (Wildman–Crippen MR) is 127 cm³/mol. The zero-order chi connectivity index (χ0) is 22.3. The third-order valence-corrected chi connectivity index (χ3v) is 5.84. The molecular formula is C24H27ClN4O3. The molecule has 1 unspecified atom stereocenters. The van der Waals surface area contributed by atoms with Crippen molar-refractivity contribution in [2.75, 3.05) is 50.1 Å². The largest absolute Gasteiger partial charge is 0.497 e. The number of carbonyl (C=O) groups is 1. The molecule has 7 nitrogen and oxygen atoms in total. The first-order valence-corrected chi connectivity index (χ1v) is 11.0. The van der Waals surface area contributed by atoms with Crippen molar-refractivity contribution in [1.29, 1.82) is 0 Å². The highest BCUT2D eigenvalue weighted by molar-refractivity contribution is 6.30. The number of nitrogens with zero attached hydrogens (tertiary/aromatic N) is 2. The Labute approximate surface area is 192 Å². The van der Waals surface area contributed by atoms with E-state index < -0.39 is 0 Å². The molecule has 2 heterocycles. The first-order valence-electron chi connectivity index (χ1n) is 10.6. The van der Waals surface area contributed by atoms with Gasteiger partial charge in [-0.3, -0.25) is 4.90 Å². The van der Waals surface area contributed by atoms with Crippen LogP contribution in [0, 0.1) is 0 Å². The van der Waals surface area contributed by atoms with Crippen LogP contribution in [0.3, 0.4) is 0 Å². The highest BCUT2D eigenvalue weighted by Gasteiger charge is 2.27. The van der Waals surface area contributed by atoms with Gasteiger partial charge in [-0.15, -0.1) is 0 Å². The quantitative estimate of drug-likeness (QED) is 0.544. The van der Waals surface area contributed by atoms with E-state index in [2.05, 4.69) is 32.6 Å². The summed E-state index contributed by atoms with van der Waals surface area (Å²) < 4.78 is 10.9. The molecule has 1 aromatic heterocycles. The fourth-order valence-corrected chi connectivity index (χ4v) is 4.10. The van der Waals surface area contributed by atoms with E-state index >= 15 is 0 Å². The Bertz CT molecular complexity index is 1000. The summed E-state index contributed by atoms with van der Waals surface area (Å²) in [5.74, 6) is 1.69. The fourth-order valence-electron chi connectivity index (χ4n) is 3.91. The van der Waals surface area contributed by atoms with Crippen LogP contribution in [0.5, 0.6) is 5.75 Å².